The zero-order valence-electron chi connectivity index (χ0n) is 7.58. The van der Waals surface area contributed by atoms with Gasteiger partial charge < -0.3 is 5.73 Å². The van der Waals surface area contributed by atoms with Gasteiger partial charge in [-0.1, -0.05) is 4.49 Å². The van der Waals surface area contributed by atoms with Gasteiger partial charge in [0, 0.05) is 12.1 Å². The van der Waals surface area contributed by atoms with E-state index in [4.69, 9.17) is 5.73 Å². The number of hydrogen-bond donors (Lipinski definition) is 1. The molecule has 0 aliphatic heterocycles. The molecule has 0 fully saturated rings. The van der Waals surface area contributed by atoms with Crippen LogP contribution in [0.1, 0.15) is 4.88 Å². The smallest absolute Gasteiger partial charge is 0.132 e. The molecule has 2 rings (SSSR count). The van der Waals surface area contributed by atoms with Gasteiger partial charge >= 0.3 is 0 Å². The van der Waals surface area contributed by atoms with Gasteiger partial charge in [0.25, 0.3) is 0 Å². The van der Waals surface area contributed by atoms with Crippen LogP contribution in [0.15, 0.2) is 18.2 Å². The summed E-state index contributed by atoms with van der Waals surface area (Å²) in [6, 6.07) is 3.20. The van der Waals surface area contributed by atoms with Gasteiger partial charge in [-0.3, -0.25) is 0 Å². The maximum absolute atomic E-state index is 13.4. The van der Waals surface area contributed by atoms with Crippen molar-refractivity contribution in [1.82, 2.24) is 9.59 Å². The second kappa shape index (κ2) is 4.00. The van der Waals surface area contributed by atoms with Crippen molar-refractivity contribution in [2.24, 2.45) is 5.73 Å². The Labute approximate surface area is 88.7 Å². The van der Waals surface area contributed by atoms with Gasteiger partial charge in [-0.15, -0.1) is 5.10 Å². The first-order valence-corrected chi connectivity index (χ1v) is 4.96. The normalized spacial score (nSPS) is 10.6. The lowest BCUT2D eigenvalue weighted by molar-refractivity contribution is 0.602. The third-order valence-electron chi connectivity index (χ3n) is 1.92. The van der Waals surface area contributed by atoms with Gasteiger partial charge in [-0.25, -0.2) is 8.78 Å². The monoisotopic (exact) mass is 227 g/mol. The highest BCUT2D eigenvalue weighted by molar-refractivity contribution is 7.05. The number of nitrogens with zero attached hydrogens (tertiary/aromatic N) is 2. The zero-order chi connectivity index (χ0) is 10.8. The summed E-state index contributed by atoms with van der Waals surface area (Å²) in [6.45, 7) is 0.211. The first-order chi connectivity index (χ1) is 7.22. The highest BCUT2D eigenvalue weighted by atomic mass is 32.1. The molecule has 0 aliphatic rings. The summed E-state index contributed by atoms with van der Waals surface area (Å²) >= 11 is 1.08. The maximum Gasteiger partial charge on any atom is 0.132 e. The van der Waals surface area contributed by atoms with Gasteiger partial charge in [0.05, 0.1) is 4.88 Å². The largest absolute Gasteiger partial charge is 0.326 e. The second-order valence-corrected chi connectivity index (χ2v) is 3.71. The van der Waals surface area contributed by atoms with Crippen molar-refractivity contribution in [3.63, 3.8) is 0 Å². The summed E-state index contributed by atoms with van der Waals surface area (Å²) in [5.74, 6) is -1.04. The molecule has 3 nitrogen and oxygen atoms in total. The van der Waals surface area contributed by atoms with E-state index in [-0.39, 0.29) is 12.1 Å². The standard InChI is InChI=1S/C9H7F2N3S/c10-5-1-2-7(11)6(3-5)9-8(4-12)15-14-13-9/h1-3H,4,12H2. The molecule has 1 heterocycles. The van der Waals surface area contributed by atoms with E-state index in [9.17, 15) is 8.78 Å². The van der Waals surface area contributed by atoms with E-state index in [1.165, 1.54) is 0 Å². The topological polar surface area (TPSA) is 51.8 Å². The average molecular weight is 227 g/mol. The first kappa shape index (κ1) is 10.1. The molecular weight excluding hydrogens is 220 g/mol. The predicted molar refractivity (Wildman–Crippen MR) is 53.2 cm³/mol. The zero-order valence-corrected chi connectivity index (χ0v) is 8.39. The van der Waals surface area contributed by atoms with Crippen molar-refractivity contribution in [1.29, 1.82) is 0 Å². The SMILES string of the molecule is NCc1snnc1-c1cc(F)ccc1F. The molecule has 0 bridgehead atoms. The van der Waals surface area contributed by atoms with E-state index < -0.39 is 11.6 Å². The molecule has 0 unspecified atom stereocenters. The Hall–Kier alpha value is -1.40. The number of aromatic nitrogens is 2. The van der Waals surface area contributed by atoms with E-state index in [0.717, 1.165) is 29.7 Å². The molecule has 2 aromatic rings. The van der Waals surface area contributed by atoms with Gasteiger partial charge in [-0.05, 0) is 29.7 Å². The van der Waals surface area contributed by atoms with Gasteiger partial charge in [0.15, 0.2) is 0 Å². The molecule has 1 aromatic carbocycles. The van der Waals surface area contributed by atoms with Crippen LogP contribution < -0.4 is 5.73 Å². The molecule has 0 aliphatic carbocycles. The third kappa shape index (κ3) is 1.86. The molecule has 6 heteroatoms. The molecule has 0 atom stereocenters. The molecule has 0 spiro atoms. The number of benzene rings is 1. The van der Waals surface area contributed by atoms with Crippen LogP contribution in [0, 0.1) is 11.6 Å². The third-order valence-corrected chi connectivity index (χ3v) is 2.67. The number of nitrogens with two attached hydrogens (primary N) is 1. The molecule has 0 saturated heterocycles. The molecule has 15 heavy (non-hydrogen) atoms. The lowest BCUT2D eigenvalue weighted by Crippen LogP contribution is -1.97. The summed E-state index contributed by atoms with van der Waals surface area (Å²) in [5, 5.41) is 3.74. The molecule has 0 radical (unpaired) electrons. The van der Waals surface area contributed by atoms with Crippen LogP contribution in [0.25, 0.3) is 11.3 Å². The Morgan fingerprint density at radius 1 is 1.33 bits per heavy atom. The van der Waals surface area contributed by atoms with Crippen molar-refractivity contribution in [3.8, 4) is 11.3 Å². The Morgan fingerprint density at radius 3 is 2.87 bits per heavy atom. The van der Waals surface area contributed by atoms with Crippen molar-refractivity contribution in [2.75, 3.05) is 0 Å². The number of halogens is 2. The summed E-state index contributed by atoms with van der Waals surface area (Å²) in [6.07, 6.45) is 0. The van der Waals surface area contributed by atoms with Crippen LogP contribution in [0.4, 0.5) is 8.78 Å². The highest BCUT2D eigenvalue weighted by Gasteiger charge is 2.14. The van der Waals surface area contributed by atoms with Crippen molar-refractivity contribution in [2.45, 2.75) is 6.54 Å². The highest BCUT2D eigenvalue weighted by Crippen LogP contribution is 2.26. The second-order valence-electron chi connectivity index (χ2n) is 2.87. The van der Waals surface area contributed by atoms with Gasteiger partial charge in [0.2, 0.25) is 0 Å². The molecular formula is C9H7F2N3S. The van der Waals surface area contributed by atoms with Crippen molar-refractivity contribution in [3.05, 3.63) is 34.7 Å². The van der Waals surface area contributed by atoms with Crippen LogP contribution in [0.5, 0.6) is 0 Å². The molecule has 2 N–H and O–H groups in total. The fourth-order valence-corrected chi connectivity index (χ4v) is 1.76. The minimum atomic E-state index is -0.529. The van der Waals surface area contributed by atoms with E-state index >= 15 is 0 Å². The summed E-state index contributed by atoms with van der Waals surface area (Å²) in [4.78, 5) is 0.638. The van der Waals surface area contributed by atoms with Crippen LogP contribution in [-0.4, -0.2) is 9.59 Å². The van der Waals surface area contributed by atoms with Crippen LogP contribution in [0.3, 0.4) is 0 Å². The average Bonchev–Trinajstić information content (AvgIpc) is 2.69. The van der Waals surface area contributed by atoms with E-state index in [1.807, 2.05) is 0 Å². The van der Waals surface area contributed by atoms with E-state index in [1.54, 1.807) is 0 Å². The molecule has 78 valence electrons. The molecule has 0 amide bonds. The first-order valence-electron chi connectivity index (χ1n) is 4.19. The van der Waals surface area contributed by atoms with Crippen LogP contribution in [-0.2, 0) is 6.54 Å². The van der Waals surface area contributed by atoms with Gasteiger partial charge in [-0.2, -0.15) is 0 Å². The van der Waals surface area contributed by atoms with Crippen molar-refractivity contribution < 1.29 is 8.78 Å². The maximum atomic E-state index is 13.4. The lowest BCUT2D eigenvalue weighted by Gasteiger charge is -2.00. The summed E-state index contributed by atoms with van der Waals surface area (Å²) in [5.41, 5.74) is 5.85. The molecule has 0 saturated carbocycles. The quantitative estimate of drug-likeness (QED) is 0.853. The predicted octanol–water partition coefficient (Wildman–Crippen LogP) is 1.94. The lowest BCUT2D eigenvalue weighted by atomic mass is 10.1. The number of rotatable bonds is 2. The molecule has 1 aromatic heterocycles. The van der Waals surface area contributed by atoms with E-state index in [0.29, 0.717) is 10.6 Å². The number of hydrogen-bond acceptors (Lipinski definition) is 4. The van der Waals surface area contributed by atoms with Gasteiger partial charge in [0.1, 0.15) is 17.3 Å². The summed E-state index contributed by atoms with van der Waals surface area (Å²) < 4.78 is 30.0. The van der Waals surface area contributed by atoms with E-state index in [2.05, 4.69) is 9.59 Å². The fraction of sp³-hybridized carbons (Fsp3) is 0.111. The minimum absolute atomic E-state index is 0.101. The minimum Gasteiger partial charge on any atom is -0.326 e. The Morgan fingerprint density at radius 2 is 2.13 bits per heavy atom. The van der Waals surface area contributed by atoms with Crippen LogP contribution in [0.2, 0.25) is 0 Å². The fourth-order valence-electron chi connectivity index (χ4n) is 1.23. The van der Waals surface area contributed by atoms with Crippen LogP contribution >= 0.6 is 11.5 Å². The Balaban J connectivity index is 2.58. The van der Waals surface area contributed by atoms with Crippen molar-refractivity contribution >= 4 is 11.5 Å². The summed E-state index contributed by atoms with van der Waals surface area (Å²) in [7, 11) is 0. The Bertz CT molecular complexity index is 484. The Kier molecular flexibility index (Phi) is 2.70.